The zero-order chi connectivity index (χ0) is 10.7. The Morgan fingerprint density at radius 1 is 1.47 bits per heavy atom. The van der Waals surface area contributed by atoms with Crippen LogP contribution in [0.1, 0.15) is 10.6 Å². The number of rotatable bonds is 3. The van der Waals surface area contributed by atoms with E-state index in [1.54, 1.807) is 11.3 Å². The summed E-state index contributed by atoms with van der Waals surface area (Å²) in [6.45, 7) is 2.90. The van der Waals surface area contributed by atoms with Gasteiger partial charge in [0.1, 0.15) is 0 Å². The number of benzene rings is 1. The molecule has 1 aromatic carbocycles. The standard InChI is InChI=1S/C11H11IN2S/c1-8-11(15-7-14-8)6-13-10-4-2-3-9(12)5-10/h2-5,7,13H,6H2,1H3. The van der Waals surface area contributed by atoms with Crippen LogP contribution in [0.2, 0.25) is 0 Å². The predicted octanol–water partition coefficient (Wildman–Crippen LogP) is 3.67. The summed E-state index contributed by atoms with van der Waals surface area (Å²) >= 11 is 4.01. The molecule has 0 aliphatic heterocycles. The Bertz CT molecular complexity index is 453. The lowest BCUT2D eigenvalue weighted by atomic mass is 10.3. The van der Waals surface area contributed by atoms with E-state index in [9.17, 15) is 0 Å². The third-order valence-corrected chi connectivity index (χ3v) is 3.73. The zero-order valence-corrected chi connectivity index (χ0v) is 11.3. The van der Waals surface area contributed by atoms with E-state index in [1.165, 1.54) is 8.45 Å². The second kappa shape index (κ2) is 4.94. The molecule has 0 unspecified atom stereocenters. The Hall–Kier alpha value is -0.620. The van der Waals surface area contributed by atoms with Gasteiger partial charge in [-0.25, -0.2) is 4.98 Å². The summed E-state index contributed by atoms with van der Waals surface area (Å²) in [5.74, 6) is 0. The molecule has 0 saturated carbocycles. The van der Waals surface area contributed by atoms with Gasteiger partial charge in [-0.05, 0) is 47.7 Å². The van der Waals surface area contributed by atoms with Crippen LogP contribution >= 0.6 is 33.9 Å². The van der Waals surface area contributed by atoms with Gasteiger partial charge in [-0.1, -0.05) is 6.07 Å². The highest BCUT2D eigenvalue weighted by Gasteiger charge is 2.00. The number of aryl methyl sites for hydroxylation is 1. The second-order valence-corrected chi connectivity index (χ2v) is 5.41. The zero-order valence-electron chi connectivity index (χ0n) is 8.33. The van der Waals surface area contributed by atoms with Crippen LogP contribution in [-0.2, 0) is 6.54 Å². The minimum Gasteiger partial charge on any atom is -0.380 e. The van der Waals surface area contributed by atoms with E-state index >= 15 is 0 Å². The van der Waals surface area contributed by atoms with Crippen molar-refractivity contribution in [2.75, 3.05) is 5.32 Å². The molecule has 2 aromatic rings. The molecule has 1 aromatic heterocycles. The van der Waals surface area contributed by atoms with Gasteiger partial charge >= 0.3 is 0 Å². The van der Waals surface area contributed by atoms with E-state index in [-0.39, 0.29) is 0 Å². The molecule has 4 heteroatoms. The molecule has 0 radical (unpaired) electrons. The van der Waals surface area contributed by atoms with Crippen LogP contribution in [-0.4, -0.2) is 4.98 Å². The number of hydrogen-bond donors (Lipinski definition) is 1. The normalized spacial score (nSPS) is 10.3. The first kappa shape index (κ1) is 10.9. The highest BCUT2D eigenvalue weighted by Crippen LogP contribution is 2.16. The van der Waals surface area contributed by atoms with Gasteiger partial charge in [-0.3, -0.25) is 0 Å². The Morgan fingerprint density at radius 2 is 2.33 bits per heavy atom. The van der Waals surface area contributed by atoms with Gasteiger partial charge in [-0.15, -0.1) is 11.3 Å². The number of aromatic nitrogens is 1. The minimum atomic E-state index is 0.858. The molecular weight excluding hydrogens is 319 g/mol. The van der Waals surface area contributed by atoms with Gasteiger partial charge in [0.05, 0.1) is 17.7 Å². The second-order valence-electron chi connectivity index (χ2n) is 3.22. The van der Waals surface area contributed by atoms with Crippen LogP contribution in [0, 0.1) is 10.5 Å². The summed E-state index contributed by atoms with van der Waals surface area (Å²) in [5.41, 5.74) is 4.18. The average molecular weight is 330 g/mol. The summed E-state index contributed by atoms with van der Waals surface area (Å²) in [7, 11) is 0. The molecule has 0 amide bonds. The van der Waals surface area contributed by atoms with Gasteiger partial charge in [0, 0.05) is 14.1 Å². The Kier molecular flexibility index (Phi) is 3.58. The molecule has 0 spiro atoms. The van der Waals surface area contributed by atoms with Crippen molar-refractivity contribution in [3.63, 3.8) is 0 Å². The van der Waals surface area contributed by atoms with Crippen LogP contribution in [0.15, 0.2) is 29.8 Å². The molecular formula is C11H11IN2S. The number of nitrogens with zero attached hydrogens (tertiary/aromatic N) is 1. The van der Waals surface area contributed by atoms with E-state index < -0.39 is 0 Å². The molecule has 0 aliphatic carbocycles. The molecule has 0 aliphatic rings. The lowest BCUT2D eigenvalue weighted by molar-refractivity contribution is 1.12. The number of nitrogens with one attached hydrogen (secondary N) is 1. The lowest BCUT2D eigenvalue weighted by Gasteiger charge is -2.05. The SMILES string of the molecule is Cc1ncsc1CNc1cccc(I)c1. The third kappa shape index (κ3) is 2.92. The third-order valence-electron chi connectivity index (χ3n) is 2.12. The number of anilines is 1. The Morgan fingerprint density at radius 3 is 3.00 bits per heavy atom. The predicted molar refractivity (Wildman–Crippen MR) is 73.3 cm³/mol. The van der Waals surface area contributed by atoms with Crippen LogP contribution in [0.3, 0.4) is 0 Å². The highest BCUT2D eigenvalue weighted by atomic mass is 127. The quantitative estimate of drug-likeness (QED) is 0.869. The molecule has 1 N–H and O–H groups in total. The molecule has 2 nitrogen and oxygen atoms in total. The first-order valence-corrected chi connectivity index (χ1v) is 6.60. The molecule has 78 valence electrons. The molecule has 0 atom stereocenters. The maximum absolute atomic E-state index is 4.22. The van der Waals surface area contributed by atoms with Crippen LogP contribution in [0.5, 0.6) is 0 Å². The van der Waals surface area contributed by atoms with Crippen molar-refractivity contribution in [2.24, 2.45) is 0 Å². The van der Waals surface area contributed by atoms with Gasteiger partial charge in [0.15, 0.2) is 0 Å². The highest BCUT2D eigenvalue weighted by molar-refractivity contribution is 14.1. The van der Waals surface area contributed by atoms with Crippen molar-refractivity contribution < 1.29 is 0 Å². The van der Waals surface area contributed by atoms with Crippen LogP contribution in [0.4, 0.5) is 5.69 Å². The first-order valence-electron chi connectivity index (χ1n) is 4.64. The van der Waals surface area contributed by atoms with Crippen molar-refractivity contribution in [1.82, 2.24) is 4.98 Å². The minimum absolute atomic E-state index is 0.858. The van der Waals surface area contributed by atoms with Crippen LogP contribution in [0.25, 0.3) is 0 Å². The summed E-state index contributed by atoms with van der Waals surface area (Å²) in [4.78, 5) is 5.52. The smallest absolute Gasteiger partial charge is 0.0798 e. The van der Waals surface area contributed by atoms with Crippen molar-refractivity contribution in [2.45, 2.75) is 13.5 Å². The van der Waals surface area contributed by atoms with Gasteiger partial charge in [0.2, 0.25) is 0 Å². The lowest BCUT2D eigenvalue weighted by Crippen LogP contribution is -1.98. The summed E-state index contributed by atoms with van der Waals surface area (Å²) in [6.07, 6.45) is 0. The maximum atomic E-state index is 4.22. The van der Waals surface area contributed by atoms with Crippen LogP contribution < -0.4 is 5.32 Å². The van der Waals surface area contributed by atoms with E-state index in [1.807, 2.05) is 12.4 Å². The van der Waals surface area contributed by atoms with Crippen molar-refractivity contribution in [3.05, 3.63) is 43.9 Å². The molecule has 1 heterocycles. The number of thiazole rings is 1. The van der Waals surface area contributed by atoms with Crippen molar-refractivity contribution in [3.8, 4) is 0 Å². The molecule has 0 saturated heterocycles. The van der Waals surface area contributed by atoms with Gasteiger partial charge in [-0.2, -0.15) is 0 Å². The fraction of sp³-hybridized carbons (Fsp3) is 0.182. The largest absolute Gasteiger partial charge is 0.380 e. The van der Waals surface area contributed by atoms with E-state index in [2.05, 4.69) is 57.2 Å². The fourth-order valence-electron chi connectivity index (χ4n) is 1.28. The molecule has 15 heavy (non-hydrogen) atoms. The van der Waals surface area contributed by atoms with E-state index in [0.29, 0.717) is 0 Å². The Balaban J connectivity index is 2.02. The average Bonchev–Trinajstić information content (AvgIpc) is 2.61. The fourth-order valence-corrected chi connectivity index (χ4v) is 2.54. The molecule has 0 fully saturated rings. The van der Waals surface area contributed by atoms with Gasteiger partial charge in [0.25, 0.3) is 0 Å². The monoisotopic (exact) mass is 330 g/mol. The topological polar surface area (TPSA) is 24.9 Å². The summed E-state index contributed by atoms with van der Waals surface area (Å²) in [5, 5.41) is 3.39. The number of hydrogen-bond acceptors (Lipinski definition) is 3. The Labute approximate surface area is 107 Å². The summed E-state index contributed by atoms with van der Waals surface area (Å²) < 4.78 is 1.25. The molecule has 2 rings (SSSR count). The number of halogens is 1. The first-order chi connectivity index (χ1) is 7.25. The van der Waals surface area contributed by atoms with Gasteiger partial charge < -0.3 is 5.32 Å². The van der Waals surface area contributed by atoms with E-state index in [4.69, 9.17) is 0 Å². The van der Waals surface area contributed by atoms with E-state index in [0.717, 1.165) is 17.9 Å². The van der Waals surface area contributed by atoms with Crippen molar-refractivity contribution >= 4 is 39.6 Å². The summed E-state index contributed by atoms with van der Waals surface area (Å²) in [6, 6.07) is 8.36. The maximum Gasteiger partial charge on any atom is 0.0798 e. The van der Waals surface area contributed by atoms with Crippen molar-refractivity contribution in [1.29, 1.82) is 0 Å². The molecule has 0 bridgehead atoms.